The highest BCUT2D eigenvalue weighted by Gasteiger charge is 2.32. The molecule has 2 aromatic rings. The first-order valence-corrected chi connectivity index (χ1v) is 11.7. The van der Waals surface area contributed by atoms with Crippen LogP contribution in [0.1, 0.15) is 47.2 Å². The molecule has 1 N–H and O–H groups in total. The van der Waals surface area contributed by atoms with Crippen LogP contribution in [0, 0.1) is 6.92 Å². The van der Waals surface area contributed by atoms with Crippen LogP contribution in [0.5, 0.6) is 0 Å². The van der Waals surface area contributed by atoms with Crippen molar-refractivity contribution in [3.8, 4) is 0 Å². The molecule has 2 aromatic heterocycles. The first-order valence-electron chi connectivity index (χ1n) is 10.8. The highest BCUT2D eigenvalue weighted by atomic mass is 32.1. The minimum Gasteiger partial charge on any atom is -0.352 e. The zero-order valence-corrected chi connectivity index (χ0v) is 18.6. The smallest absolute Gasteiger partial charge is 0.240 e. The fourth-order valence-corrected chi connectivity index (χ4v) is 5.24. The van der Waals surface area contributed by atoms with Gasteiger partial charge in [-0.05, 0) is 78.9 Å². The maximum absolute atomic E-state index is 13.1. The van der Waals surface area contributed by atoms with Crippen molar-refractivity contribution >= 4 is 23.2 Å². The number of pyridine rings is 1. The second-order valence-electron chi connectivity index (χ2n) is 8.41. The molecule has 2 amide bonds. The minimum absolute atomic E-state index is 0.00886. The van der Waals surface area contributed by atoms with Crippen LogP contribution < -0.4 is 5.32 Å². The van der Waals surface area contributed by atoms with E-state index in [2.05, 4.69) is 22.2 Å². The van der Waals surface area contributed by atoms with Crippen LogP contribution in [0.3, 0.4) is 0 Å². The molecule has 0 spiro atoms. The Hall–Kier alpha value is -2.25. The number of rotatable bonds is 5. The number of carbonyl (C=O) groups is 2. The summed E-state index contributed by atoms with van der Waals surface area (Å²) in [5.74, 6) is 0.271. The molecule has 4 heterocycles. The molecule has 0 saturated carbocycles. The molecule has 1 fully saturated rings. The van der Waals surface area contributed by atoms with Crippen LogP contribution in [0.25, 0.3) is 0 Å². The van der Waals surface area contributed by atoms with E-state index in [1.54, 1.807) is 11.3 Å². The number of likely N-dealkylation sites (tertiary alicyclic amines) is 1. The third kappa shape index (κ3) is 4.57. The molecule has 4 rings (SSSR count). The van der Waals surface area contributed by atoms with Crippen molar-refractivity contribution < 1.29 is 9.59 Å². The molecule has 2 aliphatic rings. The van der Waals surface area contributed by atoms with Gasteiger partial charge in [0.2, 0.25) is 11.8 Å². The van der Waals surface area contributed by atoms with E-state index < -0.39 is 0 Å². The topological polar surface area (TPSA) is 65.5 Å². The summed E-state index contributed by atoms with van der Waals surface area (Å²) in [7, 11) is 2.06. The molecular formula is C23H30N4O2S. The molecule has 0 radical (unpaired) electrons. The molecule has 7 heteroatoms. The van der Waals surface area contributed by atoms with E-state index in [0.29, 0.717) is 19.5 Å². The lowest BCUT2D eigenvalue weighted by molar-refractivity contribution is -0.138. The molecule has 1 atom stereocenters. The standard InChI is InChI=1S/C23H30N4O2S/c1-16-20(13-25-22(28)11-17-7-10-30-15-17)19-6-9-27(14-18(19)12-24-16)23(29)21-5-3-4-8-26(21)2/h7,10,12,15,21H,3-6,8-9,11,13-14H2,1-2H3,(H,25,28)/t21-/m1/s1. The summed E-state index contributed by atoms with van der Waals surface area (Å²) in [6, 6.07) is 1.99. The maximum Gasteiger partial charge on any atom is 0.240 e. The largest absolute Gasteiger partial charge is 0.352 e. The highest BCUT2D eigenvalue weighted by molar-refractivity contribution is 7.08. The average molecular weight is 427 g/mol. The summed E-state index contributed by atoms with van der Waals surface area (Å²) in [6.07, 6.45) is 6.38. The molecule has 1 saturated heterocycles. The number of nitrogens with zero attached hydrogens (tertiary/aromatic N) is 3. The normalized spacial score (nSPS) is 19.4. The Labute approximate surface area is 182 Å². The Morgan fingerprint density at radius 1 is 1.30 bits per heavy atom. The van der Waals surface area contributed by atoms with E-state index >= 15 is 0 Å². The quantitative estimate of drug-likeness (QED) is 0.798. The number of fused-ring (bicyclic) bond motifs is 1. The fourth-order valence-electron chi connectivity index (χ4n) is 4.57. The number of amides is 2. The molecule has 160 valence electrons. The number of likely N-dealkylation sites (N-methyl/N-ethyl adjacent to an activating group) is 1. The molecule has 2 aliphatic heterocycles. The fraction of sp³-hybridized carbons (Fsp3) is 0.522. The number of nitrogens with one attached hydrogen (secondary N) is 1. The molecular weight excluding hydrogens is 396 g/mol. The molecule has 0 bridgehead atoms. The van der Waals surface area contributed by atoms with E-state index in [4.69, 9.17) is 0 Å². The molecule has 0 unspecified atom stereocenters. The van der Waals surface area contributed by atoms with E-state index in [0.717, 1.165) is 54.7 Å². The number of hydrogen-bond donors (Lipinski definition) is 1. The van der Waals surface area contributed by atoms with Gasteiger partial charge in [-0.3, -0.25) is 19.5 Å². The van der Waals surface area contributed by atoms with Crippen LogP contribution in [0.4, 0.5) is 0 Å². The zero-order valence-electron chi connectivity index (χ0n) is 17.8. The first kappa shape index (κ1) is 21.0. The van der Waals surface area contributed by atoms with Gasteiger partial charge >= 0.3 is 0 Å². The second-order valence-corrected chi connectivity index (χ2v) is 9.19. The summed E-state index contributed by atoms with van der Waals surface area (Å²) in [5.41, 5.74) is 5.47. The van der Waals surface area contributed by atoms with E-state index in [9.17, 15) is 9.59 Å². The van der Waals surface area contributed by atoms with Gasteiger partial charge in [-0.2, -0.15) is 11.3 Å². The maximum atomic E-state index is 13.1. The number of aryl methyl sites for hydroxylation is 1. The van der Waals surface area contributed by atoms with Crippen molar-refractivity contribution in [3.05, 3.63) is 51.0 Å². The minimum atomic E-state index is 0.00886. The lowest BCUT2D eigenvalue weighted by Gasteiger charge is -2.37. The van der Waals surface area contributed by atoms with Gasteiger partial charge in [0.15, 0.2) is 0 Å². The number of piperidine rings is 1. The summed E-state index contributed by atoms with van der Waals surface area (Å²) < 4.78 is 0. The number of carbonyl (C=O) groups excluding carboxylic acids is 2. The van der Waals surface area contributed by atoms with E-state index in [-0.39, 0.29) is 17.9 Å². The number of aromatic nitrogens is 1. The van der Waals surface area contributed by atoms with Gasteiger partial charge in [0, 0.05) is 31.5 Å². The van der Waals surface area contributed by atoms with E-state index in [1.165, 1.54) is 12.0 Å². The number of thiophene rings is 1. The second kappa shape index (κ2) is 9.27. The Morgan fingerprint density at radius 3 is 2.93 bits per heavy atom. The van der Waals surface area contributed by atoms with Crippen LogP contribution >= 0.6 is 11.3 Å². The van der Waals surface area contributed by atoms with Crippen LogP contribution in [0.15, 0.2) is 23.0 Å². The zero-order chi connectivity index (χ0) is 21.1. The van der Waals surface area contributed by atoms with Gasteiger partial charge in [-0.15, -0.1) is 0 Å². The van der Waals surface area contributed by atoms with Crippen molar-refractivity contribution in [3.63, 3.8) is 0 Å². The predicted molar refractivity (Wildman–Crippen MR) is 118 cm³/mol. The third-order valence-electron chi connectivity index (χ3n) is 6.37. The Bertz CT molecular complexity index is 912. The molecule has 30 heavy (non-hydrogen) atoms. The van der Waals surface area contributed by atoms with Gasteiger partial charge in [0.1, 0.15) is 0 Å². The molecule has 0 aromatic carbocycles. The summed E-state index contributed by atoms with van der Waals surface area (Å²) in [6.45, 7) is 4.83. The van der Waals surface area contributed by atoms with Crippen molar-refractivity contribution in [2.24, 2.45) is 0 Å². The third-order valence-corrected chi connectivity index (χ3v) is 7.10. The molecule has 0 aliphatic carbocycles. The van der Waals surface area contributed by atoms with Crippen LogP contribution in [-0.4, -0.2) is 52.8 Å². The van der Waals surface area contributed by atoms with Crippen LogP contribution in [0.2, 0.25) is 0 Å². The van der Waals surface area contributed by atoms with Gasteiger partial charge in [-0.25, -0.2) is 0 Å². The van der Waals surface area contributed by atoms with Gasteiger partial charge in [0.25, 0.3) is 0 Å². The Kier molecular flexibility index (Phi) is 6.49. The number of hydrogen-bond acceptors (Lipinski definition) is 5. The summed E-state index contributed by atoms with van der Waals surface area (Å²) >= 11 is 1.60. The van der Waals surface area contributed by atoms with E-state index in [1.807, 2.05) is 34.8 Å². The van der Waals surface area contributed by atoms with Gasteiger partial charge in [0.05, 0.1) is 12.5 Å². The lowest BCUT2D eigenvalue weighted by atomic mass is 9.93. The average Bonchev–Trinajstić information content (AvgIpc) is 3.25. The molecule has 6 nitrogen and oxygen atoms in total. The lowest BCUT2D eigenvalue weighted by Crippen LogP contribution is -2.50. The monoisotopic (exact) mass is 426 g/mol. The summed E-state index contributed by atoms with van der Waals surface area (Å²) in [5, 5.41) is 7.05. The SMILES string of the molecule is Cc1ncc2c(c1CNC(=O)Cc1ccsc1)CCN(C(=O)[C@H]1CCCCN1C)C2. The van der Waals surface area contributed by atoms with Gasteiger partial charge in [-0.1, -0.05) is 6.42 Å². The highest BCUT2D eigenvalue weighted by Crippen LogP contribution is 2.26. The van der Waals surface area contributed by atoms with Crippen molar-refractivity contribution in [2.45, 2.75) is 58.2 Å². The van der Waals surface area contributed by atoms with Crippen LogP contribution in [-0.2, 0) is 35.5 Å². The van der Waals surface area contributed by atoms with Crippen molar-refractivity contribution in [1.82, 2.24) is 20.1 Å². The predicted octanol–water partition coefficient (Wildman–Crippen LogP) is 2.68. The first-order chi connectivity index (χ1) is 14.5. The van der Waals surface area contributed by atoms with Crippen molar-refractivity contribution in [2.75, 3.05) is 20.1 Å². The van der Waals surface area contributed by atoms with Crippen molar-refractivity contribution in [1.29, 1.82) is 0 Å². The Morgan fingerprint density at radius 2 is 2.17 bits per heavy atom. The Balaban J connectivity index is 1.43. The van der Waals surface area contributed by atoms with Gasteiger partial charge < -0.3 is 10.2 Å². The summed E-state index contributed by atoms with van der Waals surface area (Å²) in [4.78, 5) is 34.2.